The average Bonchev–Trinajstić information content (AvgIpc) is 3.18. The zero-order chi connectivity index (χ0) is 17.5. The lowest BCUT2D eigenvalue weighted by Crippen LogP contribution is -2.46. The molecule has 7 heteroatoms. The number of terminal acetylenes is 1. The van der Waals surface area contributed by atoms with Gasteiger partial charge in [-0.3, -0.25) is 4.68 Å². The maximum absolute atomic E-state index is 12.5. The molecule has 2 rings (SSSR count). The zero-order valence-corrected chi connectivity index (χ0v) is 14.7. The molecule has 2 atom stereocenters. The normalized spacial score (nSPS) is 18.4. The van der Waals surface area contributed by atoms with E-state index in [9.17, 15) is 4.79 Å². The third kappa shape index (κ3) is 4.98. The van der Waals surface area contributed by atoms with Gasteiger partial charge in [-0.05, 0) is 26.9 Å². The Hall–Kier alpha value is -2.04. The summed E-state index contributed by atoms with van der Waals surface area (Å²) >= 11 is 0. The predicted molar refractivity (Wildman–Crippen MR) is 92.4 cm³/mol. The number of carbonyl (C=O) groups excluding carboxylic acids is 1. The number of rotatable bonds is 7. The summed E-state index contributed by atoms with van der Waals surface area (Å²) in [6.07, 6.45) is 11.3. The van der Waals surface area contributed by atoms with Crippen LogP contribution < -0.4 is 5.32 Å². The number of nitrogens with one attached hydrogen (secondary N) is 1. The van der Waals surface area contributed by atoms with E-state index < -0.39 is 0 Å². The van der Waals surface area contributed by atoms with Crippen LogP contribution in [-0.2, 0) is 11.8 Å². The van der Waals surface area contributed by atoms with Gasteiger partial charge >= 0.3 is 6.03 Å². The van der Waals surface area contributed by atoms with Crippen LogP contribution in [0.5, 0.6) is 0 Å². The summed E-state index contributed by atoms with van der Waals surface area (Å²) in [4.78, 5) is 16.2. The molecule has 1 aliphatic heterocycles. The highest BCUT2D eigenvalue weighted by molar-refractivity contribution is 5.74. The number of amides is 2. The van der Waals surface area contributed by atoms with Gasteiger partial charge in [-0.2, -0.15) is 5.10 Å². The molecule has 1 aromatic heterocycles. The molecule has 0 aromatic carbocycles. The quantitative estimate of drug-likeness (QED) is 0.752. The van der Waals surface area contributed by atoms with Crippen molar-refractivity contribution in [2.45, 2.75) is 25.0 Å². The van der Waals surface area contributed by atoms with Crippen molar-refractivity contribution < 1.29 is 9.53 Å². The van der Waals surface area contributed by atoms with E-state index in [0.717, 1.165) is 25.0 Å². The van der Waals surface area contributed by atoms with E-state index in [1.165, 1.54) is 0 Å². The Morgan fingerprint density at radius 3 is 2.96 bits per heavy atom. The molecular weight excluding hydrogens is 306 g/mol. The van der Waals surface area contributed by atoms with Crippen molar-refractivity contribution in [3.05, 3.63) is 18.0 Å². The maximum Gasteiger partial charge on any atom is 0.318 e. The third-order valence-corrected chi connectivity index (χ3v) is 4.20. The molecule has 1 N–H and O–H groups in total. The van der Waals surface area contributed by atoms with Crippen LogP contribution in [-0.4, -0.2) is 72.1 Å². The van der Waals surface area contributed by atoms with Gasteiger partial charge in [0.1, 0.15) is 0 Å². The lowest BCUT2D eigenvalue weighted by molar-refractivity contribution is 0.0843. The summed E-state index contributed by atoms with van der Waals surface area (Å²) in [5, 5.41) is 7.19. The molecule has 0 aliphatic carbocycles. The van der Waals surface area contributed by atoms with E-state index in [1.54, 1.807) is 9.58 Å². The molecule has 1 aromatic rings. The first kappa shape index (κ1) is 18.3. The van der Waals surface area contributed by atoms with Crippen molar-refractivity contribution in [2.75, 3.05) is 40.3 Å². The number of likely N-dealkylation sites (N-methyl/N-ethyl adjacent to an activating group) is 1. The van der Waals surface area contributed by atoms with Crippen LogP contribution in [0.2, 0.25) is 0 Å². The number of urea groups is 1. The van der Waals surface area contributed by atoms with Crippen LogP contribution >= 0.6 is 0 Å². The lowest BCUT2D eigenvalue weighted by Gasteiger charge is -2.27. The number of aromatic nitrogens is 2. The Morgan fingerprint density at radius 2 is 2.42 bits per heavy atom. The first-order chi connectivity index (χ1) is 11.5. The van der Waals surface area contributed by atoms with Crippen molar-refractivity contribution in [2.24, 2.45) is 7.05 Å². The van der Waals surface area contributed by atoms with Crippen LogP contribution in [0.1, 0.15) is 24.4 Å². The molecule has 2 amide bonds. The number of ether oxygens (including phenoxy) is 1. The molecule has 0 radical (unpaired) electrons. The zero-order valence-electron chi connectivity index (χ0n) is 14.7. The Morgan fingerprint density at radius 1 is 1.62 bits per heavy atom. The molecule has 0 saturated carbocycles. The van der Waals surface area contributed by atoms with Crippen LogP contribution in [0.3, 0.4) is 0 Å². The predicted octanol–water partition coefficient (Wildman–Crippen LogP) is 0.847. The molecule has 24 heavy (non-hydrogen) atoms. The van der Waals surface area contributed by atoms with Gasteiger partial charge < -0.3 is 19.9 Å². The highest BCUT2D eigenvalue weighted by Crippen LogP contribution is 2.17. The first-order valence-electron chi connectivity index (χ1n) is 8.24. The van der Waals surface area contributed by atoms with E-state index in [-0.39, 0.29) is 24.7 Å². The largest absolute Gasteiger partial charge is 0.376 e. The van der Waals surface area contributed by atoms with E-state index >= 15 is 0 Å². The summed E-state index contributed by atoms with van der Waals surface area (Å²) in [6.45, 7) is 2.07. The summed E-state index contributed by atoms with van der Waals surface area (Å²) in [5.41, 5.74) is 1.06. The van der Waals surface area contributed by atoms with E-state index in [4.69, 9.17) is 11.2 Å². The molecule has 0 unspecified atom stereocenters. The monoisotopic (exact) mass is 333 g/mol. The molecule has 2 heterocycles. The van der Waals surface area contributed by atoms with E-state index in [2.05, 4.69) is 21.2 Å². The van der Waals surface area contributed by atoms with Gasteiger partial charge in [-0.15, -0.1) is 6.42 Å². The fourth-order valence-corrected chi connectivity index (χ4v) is 2.87. The van der Waals surface area contributed by atoms with Gasteiger partial charge in [0.05, 0.1) is 24.9 Å². The molecule has 0 spiro atoms. The second-order valence-corrected chi connectivity index (χ2v) is 6.33. The minimum absolute atomic E-state index is 0.0538. The number of nitrogens with zero attached hydrogens (tertiary/aromatic N) is 4. The first-order valence-corrected chi connectivity index (χ1v) is 8.24. The van der Waals surface area contributed by atoms with Crippen LogP contribution in [0, 0.1) is 12.3 Å². The number of hydrogen-bond donors (Lipinski definition) is 1. The summed E-state index contributed by atoms with van der Waals surface area (Å²) in [5.74, 6) is 2.55. The molecule has 0 bridgehead atoms. The van der Waals surface area contributed by atoms with Gasteiger partial charge in [-0.25, -0.2) is 4.79 Å². The molecule has 7 nitrogen and oxygen atoms in total. The fourth-order valence-electron chi connectivity index (χ4n) is 2.87. The van der Waals surface area contributed by atoms with Gasteiger partial charge in [-0.1, -0.05) is 5.92 Å². The minimum atomic E-state index is -0.154. The Kier molecular flexibility index (Phi) is 6.64. The second-order valence-electron chi connectivity index (χ2n) is 6.33. The van der Waals surface area contributed by atoms with Crippen LogP contribution in [0.15, 0.2) is 12.4 Å². The van der Waals surface area contributed by atoms with Gasteiger partial charge in [0.25, 0.3) is 0 Å². The SMILES string of the molecule is C#CCN(C[C@H]1CCCO1)C(=O)NC[C@@H](c1cnn(C)c1)N(C)C. The van der Waals surface area contributed by atoms with Crippen molar-refractivity contribution in [3.8, 4) is 12.3 Å². The van der Waals surface area contributed by atoms with Crippen LogP contribution in [0.25, 0.3) is 0 Å². The molecular formula is C17H27N5O2. The van der Waals surface area contributed by atoms with Gasteiger partial charge in [0.15, 0.2) is 0 Å². The van der Waals surface area contributed by atoms with Crippen LogP contribution in [0.4, 0.5) is 4.79 Å². The fraction of sp³-hybridized carbons (Fsp3) is 0.647. The lowest BCUT2D eigenvalue weighted by atomic mass is 10.1. The number of hydrogen-bond acceptors (Lipinski definition) is 4. The number of aryl methyl sites for hydroxylation is 1. The van der Waals surface area contributed by atoms with Crippen molar-refractivity contribution in [1.29, 1.82) is 0 Å². The number of carbonyl (C=O) groups is 1. The van der Waals surface area contributed by atoms with Gasteiger partial charge in [0, 0.05) is 38.5 Å². The average molecular weight is 333 g/mol. The topological polar surface area (TPSA) is 62.6 Å². The standard InChI is InChI=1S/C17H27N5O2/c1-5-8-22(13-15-7-6-9-24-15)17(23)18-11-16(20(2)3)14-10-19-21(4)12-14/h1,10,12,15-16H,6-9,11,13H2,2-4H3,(H,18,23)/t15-,16+/m1/s1. The Balaban J connectivity index is 1.93. The molecule has 1 fully saturated rings. The third-order valence-electron chi connectivity index (χ3n) is 4.20. The van der Waals surface area contributed by atoms with Crippen molar-refractivity contribution in [3.63, 3.8) is 0 Å². The van der Waals surface area contributed by atoms with Gasteiger partial charge in [0.2, 0.25) is 0 Å². The summed E-state index contributed by atoms with van der Waals surface area (Å²) in [6, 6.07) is -0.0998. The maximum atomic E-state index is 12.5. The highest BCUT2D eigenvalue weighted by atomic mass is 16.5. The molecule has 132 valence electrons. The smallest absolute Gasteiger partial charge is 0.318 e. The van der Waals surface area contributed by atoms with Crippen molar-refractivity contribution >= 4 is 6.03 Å². The summed E-state index contributed by atoms with van der Waals surface area (Å²) < 4.78 is 7.37. The highest BCUT2D eigenvalue weighted by Gasteiger charge is 2.23. The molecule has 1 saturated heterocycles. The second kappa shape index (κ2) is 8.71. The Bertz CT molecular complexity index is 572. The van der Waals surface area contributed by atoms with Crippen molar-refractivity contribution in [1.82, 2.24) is 24.9 Å². The Labute approximate surface area is 143 Å². The summed E-state index contributed by atoms with van der Waals surface area (Å²) in [7, 11) is 5.84. The van der Waals surface area contributed by atoms with E-state index in [0.29, 0.717) is 13.1 Å². The van der Waals surface area contributed by atoms with E-state index in [1.807, 2.05) is 33.5 Å². The molecule has 1 aliphatic rings. The minimum Gasteiger partial charge on any atom is -0.376 e.